The molecule has 0 amide bonds. The van der Waals surface area contributed by atoms with Crippen LogP contribution in [0.15, 0.2) is 36.0 Å². The Balaban J connectivity index is 4.09. The molecule has 1 nitrogen and oxygen atoms in total. The van der Waals surface area contributed by atoms with Crippen molar-refractivity contribution in [2.75, 3.05) is 0 Å². The zero-order valence-electron chi connectivity index (χ0n) is 11.1. The first kappa shape index (κ1) is 14.9. The van der Waals surface area contributed by atoms with E-state index in [2.05, 4.69) is 34.3 Å². The van der Waals surface area contributed by atoms with Crippen molar-refractivity contribution in [3.8, 4) is 0 Å². The van der Waals surface area contributed by atoms with Crippen molar-refractivity contribution < 1.29 is 0 Å². The number of hydrogen-bond acceptors (Lipinski definition) is 1. The lowest BCUT2D eigenvalue weighted by molar-refractivity contribution is 0.565. The molecule has 1 heteroatoms. The number of hydrogen-bond donors (Lipinski definition) is 1. The van der Waals surface area contributed by atoms with Crippen LogP contribution in [0.25, 0.3) is 0 Å². The van der Waals surface area contributed by atoms with Gasteiger partial charge in [-0.2, -0.15) is 0 Å². The summed E-state index contributed by atoms with van der Waals surface area (Å²) in [5.74, 6) is 0.735. The van der Waals surface area contributed by atoms with Gasteiger partial charge in [0.05, 0.1) is 0 Å². The molecule has 0 saturated heterocycles. The second-order valence-electron chi connectivity index (χ2n) is 4.80. The first-order valence-corrected chi connectivity index (χ1v) is 6.02. The van der Waals surface area contributed by atoms with E-state index in [-0.39, 0.29) is 0 Å². The van der Waals surface area contributed by atoms with E-state index in [9.17, 15) is 0 Å². The van der Waals surface area contributed by atoms with Gasteiger partial charge in [0.15, 0.2) is 0 Å². The zero-order chi connectivity index (χ0) is 12.6. The van der Waals surface area contributed by atoms with Crippen LogP contribution in [0, 0.1) is 11.3 Å². The number of rotatable bonds is 7. The molecule has 0 bridgehead atoms. The predicted octanol–water partition coefficient (Wildman–Crippen LogP) is 4.91. The Kier molecular flexibility index (Phi) is 7.53. The van der Waals surface area contributed by atoms with E-state index in [1.54, 1.807) is 0 Å². The van der Waals surface area contributed by atoms with Crippen molar-refractivity contribution >= 4 is 5.71 Å². The molecule has 16 heavy (non-hydrogen) atoms. The molecular weight excluding hydrogens is 194 g/mol. The van der Waals surface area contributed by atoms with Crippen LogP contribution in [0.1, 0.15) is 47.0 Å². The highest BCUT2D eigenvalue weighted by Crippen LogP contribution is 2.09. The third-order valence-electron chi connectivity index (χ3n) is 2.49. The van der Waals surface area contributed by atoms with E-state index < -0.39 is 0 Å². The molecule has 0 saturated carbocycles. The monoisotopic (exact) mass is 219 g/mol. The Bertz CT molecular complexity index is 289. The van der Waals surface area contributed by atoms with E-state index in [4.69, 9.17) is 5.41 Å². The maximum absolute atomic E-state index is 7.80. The SMILES string of the molecule is C=CC(/C=C\C(=N)CCCC(C)C)=C(C)C. The van der Waals surface area contributed by atoms with Gasteiger partial charge in [-0.25, -0.2) is 0 Å². The minimum atomic E-state index is 0.709. The van der Waals surface area contributed by atoms with Gasteiger partial charge in [0.2, 0.25) is 0 Å². The second kappa shape index (κ2) is 8.09. The van der Waals surface area contributed by atoms with E-state index >= 15 is 0 Å². The second-order valence-corrected chi connectivity index (χ2v) is 4.80. The van der Waals surface area contributed by atoms with Gasteiger partial charge in [0, 0.05) is 5.71 Å². The Hall–Kier alpha value is -1.11. The molecule has 0 spiro atoms. The summed E-state index contributed by atoms with van der Waals surface area (Å²) in [5.41, 5.74) is 3.07. The summed E-state index contributed by atoms with van der Waals surface area (Å²) in [6.45, 7) is 12.3. The van der Waals surface area contributed by atoms with Crippen LogP contribution in [0.5, 0.6) is 0 Å². The third kappa shape index (κ3) is 7.22. The molecular formula is C15H25N. The van der Waals surface area contributed by atoms with E-state index in [0.717, 1.165) is 24.3 Å². The van der Waals surface area contributed by atoms with Crippen LogP contribution in [-0.2, 0) is 0 Å². The summed E-state index contributed by atoms with van der Waals surface area (Å²) in [7, 11) is 0. The molecule has 0 aromatic heterocycles. The summed E-state index contributed by atoms with van der Waals surface area (Å²) in [5, 5.41) is 7.80. The van der Waals surface area contributed by atoms with Gasteiger partial charge in [-0.1, -0.05) is 44.6 Å². The van der Waals surface area contributed by atoms with E-state index in [1.807, 2.05) is 18.2 Å². The summed E-state index contributed by atoms with van der Waals surface area (Å²) in [6, 6.07) is 0. The lowest BCUT2D eigenvalue weighted by Crippen LogP contribution is -1.94. The Morgan fingerprint density at radius 3 is 2.31 bits per heavy atom. The summed E-state index contributed by atoms with van der Waals surface area (Å²) < 4.78 is 0. The smallest absolute Gasteiger partial charge is 0.0314 e. The van der Waals surface area contributed by atoms with Gasteiger partial charge in [0.25, 0.3) is 0 Å². The molecule has 0 unspecified atom stereocenters. The zero-order valence-corrected chi connectivity index (χ0v) is 11.1. The third-order valence-corrected chi connectivity index (χ3v) is 2.49. The predicted molar refractivity (Wildman–Crippen MR) is 74.1 cm³/mol. The first-order chi connectivity index (χ1) is 7.47. The quantitative estimate of drug-likeness (QED) is 0.464. The lowest BCUT2D eigenvalue weighted by Gasteiger charge is -2.03. The Labute approximate surface area is 100 Å². The number of nitrogens with one attached hydrogen (secondary N) is 1. The molecule has 0 heterocycles. The molecule has 0 aromatic rings. The summed E-state index contributed by atoms with van der Waals surface area (Å²) >= 11 is 0. The molecule has 0 aliphatic rings. The van der Waals surface area contributed by atoms with Gasteiger partial charge in [-0.05, 0) is 44.3 Å². The van der Waals surface area contributed by atoms with Crippen molar-refractivity contribution in [1.82, 2.24) is 0 Å². The normalized spacial score (nSPS) is 10.8. The van der Waals surface area contributed by atoms with Crippen molar-refractivity contribution in [2.45, 2.75) is 47.0 Å². The molecule has 90 valence electrons. The Morgan fingerprint density at radius 1 is 1.25 bits per heavy atom. The highest BCUT2D eigenvalue weighted by atomic mass is 14.4. The molecule has 1 N–H and O–H groups in total. The van der Waals surface area contributed by atoms with Crippen molar-refractivity contribution in [2.24, 2.45) is 5.92 Å². The minimum Gasteiger partial charge on any atom is -0.305 e. The fraction of sp³-hybridized carbons (Fsp3) is 0.533. The molecule has 0 aliphatic heterocycles. The molecule has 0 fully saturated rings. The average molecular weight is 219 g/mol. The topological polar surface area (TPSA) is 23.9 Å². The fourth-order valence-electron chi connectivity index (χ4n) is 1.41. The van der Waals surface area contributed by atoms with Crippen LogP contribution in [-0.4, -0.2) is 5.71 Å². The van der Waals surface area contributed by atoms with Gasteiger partial charge >= 0.3 is 0 Å². The Morgan fingerprint density at radius 2 is 1.88 bits per heavy atom. The highest BCUT2D eigenvalue weighted by Gasteiger charge is 1.96. The maximum Gasteiger partial charge on any atom is 0.0314 e. The molecule has 0 aromatic carbocycles. The standard InChI is InChI=1S/C15H25N/c1-6-14(13(4)5)10-11-15(16)9-7-8-12(2)3/h6,10-12,16H,1,7-9H2,2-5H3/b11-10-,16-15?. The van der Waals surface area contributed by atoms with Gasteiger partial charge in [-0.3, -0.25) is 0 Å². The molecule has 0 aliphatic carbocycles. The van der Waals surface area contributed by atoms with E-state index in [1.165, 1.54) is 12.0 Å². The number of allylic oxidation sites excluding steroid dienone is 5. The van der Waals surface area contributed by atoms with Crippen LogP contribution >= 0.6 is 0 Å². The van der Waals surface area contributed by atoms with Crippen LogP contribution in [0.2, 0.25) is 0 Å². The molecule has 0 rings (SSSR count). The van der Waals surface area contributed by atoms with Crippen LogP contribution in [0.4, 0.5) is 0 Å². The first-order valence-electron chi connectivity index (χ1n) is 6.02. The largest absolute Gasteiger partial charge is 0.305 e. The molecule has 0 radical (unpaired) electrons. The fourth-order valence-corrected chi connectivity index (χ4v) is 1.41. The van der Waals surface area contributed by atoms with Crippen molar-refractivity contribution in [3.63, 3.8) is 0 Å². The van der Waals surface area contributed by atoms with Crippen molar-refractivity contribution in [1.29, 1.82) is 5.41 Å². The van der Waals surface area contributed by atoms with E-state index in [0.29, 0.717) is 5.71 Å². The lowest BCUT2D eigenvalue weighted by atomic mass is 10.0. The molecule has 0 atom stereocenters. The average Bonchev–Trinajstić information content (AvgIpc) is 2.17. The summed E-state index contributed by atoms with van der Waals surface area (Å²) in [6.07, 6.45) is 8.91. The highest BCUT2D eigenvalue weighted by molar-refractivity contribution is 5.92. The van der Waals surface area contributed by atoms with Gasteiger partial charge in [0.1, 0.15) is 0 Å². The van der Waals surface area contributed by atoms with Gasteiger partial charge in [-0.15, -0.1) is 0 Å². The van der Waals surface area contributed by atoms with Crippen molar-refractivity contribution in [3.05, 3.63) is 36.0 Å². The minimum absolute atomic E-state index is 0.709. The van der Waals surface area contributed by atoms with Crippen LogP contribution < -0.4 is 0 Å². The summed E-state index contributed by atoms with van der Waals surface area (Å²) in [4.78, 5) is 0. The van der Waals surface area contributed by atoms with Crippen LogP contribution in [0.3, 0.4) is 0 Å². The maximum atomic E-state index is 7.80. The van der Waals surface area contributed by atoms with Gasteiger partial charge < -0.3 is 5.41 Å².